The average Bonchev–Trinajstić information content (AvgIpc) is 3.20. The van der Waals surface area contributed by atoms with Crippen molar-refractivity contribution in [1.29, 1.82) is 0 Å². The predicted octanol–water partition coefficient (Wildman–Crippen LogP) is 2.90. The Hall–Kier alpha value is -3.68. The Kier molecular flexibility index (Phi) is 8.19. The molecule has 1 unspecified atom stereocenters. The molecule has 0 aliphatic carbocycles. The number of rotatable bonds is 10. The van der Waals surface area contributed by atoms with E-state index in [0.717, 1.165) is 22.3 Å². The van der Waals surface area contributed by atoms with Crippen LogP contribution in [-0.2, 0) is 24.9 Å². The van der Waals surface area contributed by atoms with Gasteiger partial charge in [0.25, 0.3) is 11.9 Å². The van der Waals surface area contributed by atoms with Crippen LogP contribution in [0.5, 0.6) is 11.5 Å². The molecule has 0 saturated heterocycles. The molecule has 4 rings (SSSR count). The quantitative estimate of drug-likeness (QED) is 0.367. The van der Waals surface area contributed by atoms with Crippen LogP contribution in [0.4, 0.5) is 24.7 Å². The van der Waals surface area contributed by atoms with Gasteiger partial charge in [-0.15, -0.1) is 13.2 Å². The number of ether oxygens (including phenoxy) is 3. The van der Waals surface area contributed by atoms with E-state index in [-0.39, 0.29) is 50.2 Å². The molecule has 1 aliphatic heterocycles. The second-order valence-corrected chi connectivity index (χ2v) is 8.66. The maximum atomic E-state index is 13.5. The van der Waals surface area contributed by atoms with E-state index in [2.05, 4.69) is 10.1 Å². The fraction of sp³-hybridized carbons (Fsp3) is 0.333. The van der Waals surface area contributed by atoms with Gasteiger partial charge in [0, 0.05) is 24.7 Å². The van der Waals surface area contributed by atoms with E-state index in [1.807, 2.05) is 0 Å². The van der Waals surface area contributed by atoms with Crippen molar-refractivity contribution in [1.82, 2.24) is 9.13 Å². The molecule has 204 valence electrons. The Labute approximate surface area is 219 Å². The third-order valence-corrected chi connectivity index (χ3v) is 5.86. The topological polar surface area (TPSA) is 107 Å². The molecule has 10 nitrogen and oxygen atoms in total. The van der Waals surface area contributed by atoms with Gasteiger partial charge in [-0.2, -0.15) is 0 Å². The van der Waals surface area contributed by atoms with Crippen molar-refractivity contribution < 1.29 is 32.5 Å². The monoisotopic (exact) mass is 556 g/mol. The first-order valence-corrected chi connectivity index (χ1v) is 11.8. The van der Waals surface area contributed by atoms with Crippen LogP contribution >= 0.6 is 11.6 Å². The molecule has 1 atom stereocenters. The first kappa shape index (κ1) is 27.4. The summed E-state index contributed by atoms with van der Waals surface area (Å²) in [5, 5.41) is 12.4. The molecule has 0 radical (unpaired) electrons. The van der Waals surface area contributed by atoms with Gasteiger partial charge in [-0.1, -0.05) is 29.8 Å². The number of alkyl halides is 3. The summed E-state index contributed by atoms with van der Waals surface area (Å²) in [5.74, 6) is -0.275. The van der Waals surface area contributed by atoms with Gasteiger partial charge in [-0.25, -0.2) is 4.79 Å². The summed E-state index contributed by atoms with van der Waals surface area (Å²) in [4.78, 5) is 28.0. The maximum absolute atomic E-state index is 13.5. The summed E-state index contributed by atoms with van der Waals surface area (Å²) in [5.41, 5.74) is -0.353. The van der Waals surface area contributed by atoms with Gasteiger partial charge in [0.2, 0.25) is 0 Å². The van der Waals surface area contributed by atoms with Crippen LogP contribution in [0.25, 0.3) is 0 Å². The van der Waals surface area contributed by atoms with E-state index in [4.69, 9.17) is 26.2 Å². The van der Waals surface area contributed by atoms with E-state index >= 15 is 0 Å². The zero-order chi connectivity index (χ0) is 27.4. The predicted molar refractivity (Wildman–Crippen MR) is 133 cm³/mol. The second-order valence-electron chi connectivity index (χ2n) is 8.22. The Morgan fingerprint density at radius 1 is 1.08 bits per heavy atom. The summed E-state index contributed by atoms with van der Waals surface area (Å²) in [7, 11) is 1.47. The molecule has 38 heavy (non-hydrogen) atoms. The van der Waals surface area contributed by atoms with E-state index in [9.17, 15) is 22.8 Å². The molecule has 1 aliphatic rings. The van der Waals surface area contributed by atoms with Crippen LogP contribution in [0, 0.1) is 0 Å². The Balaban J connectivity index is 1.71. The first-order valence-electron chi connectivity index (χ1n) is 11.4. The molecule has 3 aromatic rings. The van der Waals surface area contributed by atoms with Crippen molar-refractivity contribution in [3.05, 3.63) is 80.0 Å². The maximum Gasteiger partial charge on any atom is 0.573 e. The average molecular weight is 557 g/mol. The van der Waals surface area contributed by atoms with Crippen LogP contribution in [0.2, 0.25) is 5.02 Å². The van der Waals surface area contributed by atoms with Crippen LogP contribution < -0.4 is 30.9 Å². The van der Waals surface area contributed by atoms with Crippen LogP contribution in [0.15, 0.2) is 58.1 Å². The van der Waals surface area contributed by atoms with Gasteiger partial charge in [0.1, 0.15) is 23.0 Å². The van der Waals surface area contributed by atoms with Crippen molar-refractivity contribution in [2.45, 2.75) is 25.8 Å². The molecular formula is C24H24ClF3N4O6. The highest BCUT2D eigenvalue weighted by Crippen LogP contribution is 2.34. The van der Waals surface area contributed by atoms with E-state index in [1.165, 1.54) is 23.7 Å². The van der Waals surface area contributed by atoms with Crippen LogP contribution in [0.3, 0.4) is 0 Å². The van der Waals surface area contributed by atoms with Crippen LogP contribution in [0.1, 0.15) is 5.56 Å². The highest BCUT2D eigenvalue weighted by atomic mass is 35.5. The minimum absolute atomic E-state index is 0.0189. The Bertz CT molecular complexity index is 1390. The number of halogens is 4. The van der Waals surface area contributed by atoms with E-state index in [1.54, 1.807) is 29.2 Å². The summed E-state index contributed by atoms with van der Waals surface area (Å²) in [6.45, 7) is -0.0581. The lowest BCUT2D eigenvalue weighted by atomic mass is 10.2. The number of anilines is 2. The largest absolute Gasteiger partial charge is 0.573 e. The van der Waals surface area contributed by atoms with Crippen molar-refractivity contribution in [2.24, 2.45) is 7.05 Å². The Morgan fingerprint density at radius 3 is 2.47 bits per heavy atom. The lowest BCUT2D eigenvalue weighted by Gasteiger charge is -2.27. The number of aliphatic hydroxyl groups excluding tert-OH is 1. The van der Waals surface area contributed by atoms with Gasteiger partial charge < -0.3 is 29.5 Å². The van der Waals surface area contributed by atoms with Gasteiger partial charge in [-0.3, -0.25) is 13.9 Å². The summed E-state index contributed by atoms with van der Waals surface area (Å²) in [6, 6.07) is 11.8. The number of fused-ring (bicyclic) bond motifs is 1. The number of nitrogens with one attached hydrogen (secondary N) is 1. The highest BCUT2D eigenvalue weighted by Gasteiger charge is 2.37. The molecule has 2 N–H and O–H groups in total. The van der Waals surface area contributed by atoms with Crippen molar-refractivity contribution in [3.63, 3.8) is 0 Å². The van der Waals surface area contributed by atoms with Crippen molar-refractivity contribution in [2.75, 3.05) is 30.0 Å². The molecule has 1 aromatic heterocycles. The standard InChI is InChI=1S/C24H24ClF3N4O6/c1-30-20-19(21(34)31(23(30)35)9-11-36-12-10-33)32(14-15-5-7-16(25)8-6-15)22(29-20)37-17-3-2-4-18(13-17)38-24(26,27)28/h2-8,13,22,29,33H,9-12,14H2,1H3. The number of aromatic nitrogens is 2. The fourth-order valence-corrected chi connectivity index (χ4v) is 4.05. The molecule has 2 aromatic carbocycles. The fourth-order valence-electron chi connectivity index (χ4n) is 3.92. The number of benzene rings is 2. The number of hydrogen-bond donors (Lipinski definition) is 2. The first-order chi connectivity index (χ1) is 18.1. The SMILES string of the molecule is Cn1c2c(c(=O)n(CCOCCO)c1=O)N(Cc1ccc(Cl)cc1)C(Oc1cccc(OC(F)(F)F)c1)N2. The molecule has 0 spiro atoms. The summed E-state index contributed by atoms with van der Waals surface area (Å²) < 4.78 is 55.5. The molecule has 0 fully saturated rings. The molecular weight excluding hydrogens is 533 g/mol. The zero-order valence-electron chi connectivity index (χ0n) is 20.1. The minimum Gasteiger partial charge on any atom is -0.452 e. The number of nitrogens with zero attached hydrogens (tertiary/aromatic N) is 3. The highest BCUT2D eigenvalue weighted by molar-refractivity contribution is 6.30. The lowest BCUT2D eigenvalue weighted by molar-refractivity contribution is -0.274. The normalized spacial score (nSPS) is 14.8. The molecule has 0 saturated carbocycles. The lowest BCUT2D eigenvalue weighted by Crippen LogP contribution is -2.44. The van der Waals surface area contributed by atoms with Gasteiger partial charge in [-0.05, 0) is 29.8 Å². The molecule has 2 heterocycles. The van der Waals surface area contributed by atoms with Crippen molar-refractivity contribution in [3.8, 4) is 11.5 Å². The third-order valence-electron chi connectivity index (χ3n) is 5.60. The molecule has 0 amide bonds. The minimum atomic E-state index is -4.88. The summed E-state index contributed by atoms with van der Waals surface area (Å²) >= 11 is 6.00. The summed E-state index contributed by atoms with van der Waals surface area (Å²) in [6.07, 6.45) is -5.95. The van der Waals surface area contributed by atoms with E-state index in [0.29, 0.717) is 5.02 Å². The zero-order valence-corrected chi connectivity index (χ0v) is 20.8. The number of aliphatic hydroxyl groups is 1. The molecule has 14 heteroatoms. The number of hydrogen-bond acceptors (Lipinski definition) is 8. The van der Waals surface area contributed by atoms with Crippen molar-refractivity contribution >= 4 is 23.1 Å². The van der Waals surface area contributed by atoms with E-state index < -0.39 is 29.7 Å². The molecule has 0 bridgehead atoms. The Morgan fingerprint density at radius 2 is 1.79 bits per heavy atom. The van der Waals surface area contributed by atoms with Gasteiger partial charge in [0.05, 0.1) is 26.4 Å². The van der Waals surface area contributed by atoms with Crippen LogP contribution in [-0.4, -0.2) is 46.8 Å². The second kappa shape index (κ2) is 11.4. The van der Waals surface area contributed by atoms with Gasteiger partial charge >= 0.3 is 12.1 Å². The third kappa shape index (κ3) is 6.23. The van der Waals surface area contributed by atoms with Gasteiger partial charge in [0.15, 0.2) is 0 Å². The smallest absolute Gasteiger partial charge is 0.452 e.